The molecule has 7 heteroatoms. The van der Waals surface area contributed by atoms with Crippen molar-refractivity contribution in [3.05, 3.63) is 36.3 Å². The number of nitrogens with zero attached hydrogens (tertiary/aromatic N) is 3. The smallest absolute Gasteiger partial charge is 0.220 e. The molecule has 3 rings (SSSR count). The molecule has 7 nitrogen and oxygen atoms in total. The fourth-order valence-electron chi connectivity index (χ4n) is 2.57. The van der Waals surface area contributed by atoms with Crippen LogP contribution in [-0.2, 0) is 0 Å². The van der Waals surface area contributed by atoms with Gasteiger partial charge in [0.1, 0.15) is 5.65 Å². The summed E-state index contributed by atoms with van der Waals surface area (Å²) in [6.45, 7) is 0.852. The van der Waals surface area contributed by atoms with Crippen LogP contribution in [0, 0.1) is 0 Å². The Morgan fingerprint density at radius 2 is 2.09 bits per heavy atom. The molecule has 0 aliphatic carbocycles. The van der Waals surface area contributed by atoms with Crippen LogP contribution in [0.4, 0.5) is 5.95 Å². The first-order valence-electron chi connectivity index (χ1n) is 7.15. The molecule has 0 fully saturated rings. The maximum atomic E-state index is 6.34. The Balaban J connectivity index is 2.12. The number of fused-ring (bicyclic) bond motifs is 1. The Hall–Kier alpha value is -2.51. The van der Waals surface area contributed by atoms with E-state index in [1.54, 1.807) is 12.4 Å². The van der Waals surface area contributed by atoms with Gasteiger partial charge in [0.2, 0.25) is 5.95 Å². The van der Waals surface area contributed by atoms with Crippen LogP contribution in [0.15, 0.2) is 30.7 Å². The predicted molar refractivity (Wildman–Crippen MR) is 87.0 cm³/mol. The number of hydrogen-bond donors (Lipinski definition) is 4. The van der Waals surface area contributed by atoms with Gasteiger partial charge in [-0.2, -0.15) is 0 Å². The van der Waals surface area contributed by atoms with Gasteiger partial charge >= 0.3 is 0 Å². The summed E-state index contributed by atoms with van der Waals surface area (Å²) in [7, 11) is 1.92. The Morgan fingerprint density at radius 3 is 2.86 bits per heavy atom. The van der Waals surface area contributed by atoms with Gasteiger partial charge in [-0.3, -0.25) is 0 Å². The summed E-state index contributed by atoms with van der Waals surface area (Å²) in [5, 5.41) is 4.11. The number of rotatable bonds is 5. The summed E-state index contributed by atoms with van der Waals surface area (Å²) in [6, 6.07) is 3.71. The van der Waals surface area contributed by atoms with Gasteiger partial charge in [-0.05, 0) is 37.7 Å². The van der Waals surface area contributed by atoms with Crippen LogP contribution >= 0.6 is 0 Å². The third-order valence-electron chi connectivity index (χ3n) is 3.66. The van der Waals surface area contributed by atoms with Gasteiger partial charge in [-0.15, -0.1) is 0 Å². The maximum absolute atomic E-state index is 6.34. The molecule has 6 N–H and O–H groups in total. The molecule has 0 spiro atoms. The van der Waals surface area contributed by atoms with Crippen LogP contribution in [0.1, 0.15) is 18.0 Å². The van der Waals surface area contributed by atoms with Gasteiger partial charge < -0.3 is 21.8 Å². The van der Waals surface area contributed by atoms with Gasteiger partial charge in [-0.1, -0.05) is 0 Å². The van der Waals surface area contributed by atoms with Crippen molar-refractivity contribution >= 4 is 17.0 Å². The monoisotopic (exact) mass is 297 g/mol. The second-order valence-corrected chi connectivity index (χ2v) is 5.12. The van der Waals surface area contributed by atoms with E-state index >= 15 is 0 Å². The first-order chi connectivity index (χ1) is 10.7. The first kappa shape index (κ1) is 14.4. The minimum atomic E-state index is -0.0771. The minimum Gasteiger partial charge on any atom is -0.368 e. The van der Waals surface area contributed by atoms with E-state index in [2.05, 4.69) is 25.3 Å². The lowest BCUT2D eigenvalue weighted by Gasteiger charge is -2.14. The molecule has 22 heavy (non-hydrogen) atoms. The molecule has 3 aromatic rings. The number of aromatic nitrogens is 4. The zero-order valence-corrected chi connectivity index (χ0v) is 12.4. The molecule has 0 aliphatic rings. The first-order valence-corrected chi connectivity index (χ1v) is 7.15. The summed E-state index contributed by atoms with van der Waals surface area (Å²) < 4.78 is 0. The molecule has 0 saturated heterocycles. The summed E-state index contributed by atoms with van der Waals surface area (Å²) >= 11 is 0. The van der Waals surface area contributed by atoms with Crippen LogP contribution in [-0.4, -0.2) is 33.5 Å². The number of anilines is 1. The number of nitrogens with two attached hydrogens (primary N) is 2. The molecular formula is C15H19N7. The lowest BCUT2D eigenvalue weighted by Crippen LogP contribution is -2.18. The number of pyridine rings is 1. The number of H-pyrrole nitrogens is 1. The molecule has 0 bridgehead atoms. The Labute approximate surface area is 128 Å². The largest absolute Gasteiger partial charge is 0.368 e. The molecule has 0 aromatic carbocycles. The van der Waals surface area contributed by atoms with E-state index in [-0.39, 0.29) is 12.0 Å². The van der Waals surface area contributed by atoms with E-state index in [0.29, 0.717) is 0 Å². The Kier molecular flexibility index (Phi) is 3.99. The topological polar surface area (TPSA) is 119 Å². The molecule has 0 radical (unpaired) electrons. The molecular weight excluding hydrogens is 278 g/mol. The van der Waals surface area contributed by atoms with Crippen molar-refractivity contribution in [3.63, 3.8) is 0 Å². The van der Waals surface area contributed by atoms with Crippen LogP contribution in [0.2, 0.25) is 0 Å². The van der Waals surface area contributed by atoms with E-state index < -0.39 is 0 Å². The zero-order valence-electron chi connectivity index (χ0n) is 12.4. The van der Waals surface area contributed by atoms with E-state index in [4.69, 9.17) is 11.5 Å². The van der Waals surface area contributed by atoms with Crippen LogP contribution < -0.4 is 16.8 Å². The lowest BCUT2D eigenvalue weighted by molar-refractivity contribution is 0.618. The molecule has 0 aliphatic heterocycles. The van der Waals surface area contributed by atoms with E-state index in [0.717, 1.165) is 40.8 Å². The lowest BCUT2D eigenvalue weighted by atomic mass is 9.99. The summed E-state index contributed by atoms with van der Waals surface area (Å²) in [4.78, 5) is 15.8. The third-order valence-corrected chi connectivity index (χ3v) is 3.66. The average molecular weight is 297 g/mol. The normalized spacial score (nSPS) is 12.6. The minimum absolute atomic E-state index is 0.0771. The number of nitrogen functional groups attached to an aromatic ring is 1. The second-order valence-electron chi connectivity index (χ2n) is 5.12. The van der Waals surface area contributed by atoms with Gasteiger partial charge in [0, 0.05) is 35.6 Å². The number of nitrogens with one attached hydrogen (secondary N) is 2. The highest BCUT2D eigenvalue weighted by molar-refractivity contribution is 5.95. The van der Waals surface area contributed by atoms with E-state index in [9.17, 15) is 0 Å². The highest BCUT2D eigenvalue weighted by Gasteiger charge is 2.16. The Bertz CT molecular complexity index is 780. The van der Waals surface area contributed by atoms with Gasteiger partial charge in [0.05, 0.1) is 5.69 Å². The van der Waals surface area contributed by atoms with Crippen molar-refractivity contribution in [1.29, 1.82) is 0 Å². The molecule has 1 unspecified atom stereocenters. The maximum Gasteiger partial charge on any atom is 0.220 e. The van der Waals surface area contributed by atoms with E-state index in [1.807, 2.05) is 25.4 Å². The molecule has 0 saturated carbocycles. The van der Waals surface area contributed by atoms with Crippen molar-refractivity contribution in [2.45, 2.75) is 12.5 Å². The summed E-state index contributed by atoms with van der Waals surface area (Å²) in [5.74, 6) is 0.247. The second kappa shape index (κ2) is 6.08. The van der Waals surface area contributed by atoms with Crippen molar-refractivity contribution in [2.75, 3.05) is 19.3 Å². The third kappa shape index (κ3) is 2.63. The highest BCUT2D eigenvalue weighted by Crippen LogP contribution is 2.32. The van der Waals surface area contributed by atoms with Crippen LogP contribution in [0.3, 0.4) is 0 Å². The zero-order chi connectivity index (χ0) is 15.5. The van der Waals surface area contributed by atoms with E-state index in [1.165, 1.54) is 0 Å². The van der Waals surface area contributed by atoms with Gasteiger partial charge in [0.15, 0.2) is 0 Å². The highest BCUT2D eigenvalue weighted by atomic mass is 15.0. The molecule has 0 amide bonds. The van der Waals surface area contributed by atoms with Crippen LogP contribution in [0.5, 0.6) is 0 Å². The molecule has 1 atom stereocenters. The van der Waals surface area contributed by atoms with Crippen molar-refractivity contribution in [2.24, 2.45) is 5.73 Å². The van der Waals surface area contributed by atoms with Crippen molar-refractivity contribution in [1.82, 2.24) is 25.3 Å². The van der Waals surface area contributed by atoms with Gasteiger partial charge in [-0.25, -0.2) is 15.0 Å². The average Bonchev–Trinajstić information content (AvgIpc) is 2.96. The summed E-state index contributed by atoms with van der Waals surface area (Å²) in [6.07, 6.45) is 6.14. The summed E-state index contributed by atoms with van der Waals surface area (Å²) in [5.41, 5.74) is 15.6. The quantitative estimate of drug-likeness (QED) is 0.562. The molecule has 114 valence electrons. The fraction of sp³-hybridized carbons (Fsp3) is 0.267. The van der Waals surface area contributed by atoms with Crippen molar-refractivity contribution in [3.8, 4) is 11.3 Å². The fourth-order valence-corrected chi connectivity index (χ4v) is 2.57. The van der Waals surface area contributed by atoms with Crippen molar-refractivity contribution < 1.29 is 0 Å². The number of aromatic amines is 1. The standard InChI is InChI=1S/C15H19N7/c1-18-5-3-11(16)9-2-6-19-14-13(9)10(8-21-14)12-4-7-20-15(17)22-12/h2,4,6-8,11,18H,3,5,16H2,1H3,(H,19,21)(H2,17,20,22). The van der Waals surface area contributed by atoms with Gasteiger partial charge in [0.25, 0.3) is 0 Å². The van der Waals surface area contributed by atoms with Crippen LogP contribution in [0.25, 0.3) is 22.3 Å². The Morgan fingerprint density at radius 1 is 1.27 bits per heavy atom. The SMILES string of the molecule is CNCCC(N)c1ccnc2[nH]cc(-c3ccnc(N)n3)c12. The molecule has 3 aromatic heterocycles. The number of hydrogen-bond acceptors (Lipinski definition) is 6. The predicted octanol–water partition coefficient (Wildman–Crippen LogP) is 1.21. The molecule has 3 heterocycles.